The Labute approximate surface area is 92.3 Å². The molecule has 0 aliphatic carbocycles. The number of rotatable bonds is 1. The van der Waals surface area contributed by atoms with E-state index in [4.69, 9.17) is 17.0 Å². The lowest BCUT2D eigenvalue weighted by atomic mass is 10.2. The second-order valence-corrected chi connectivity index (χ2v) is 3.67. The maximum absolute atomic E-state index is 9.80. The number of aliphatic hydroxyl groups is 1. The van der Waals surface area contributed by atoms with Crippen molar-refractivity contribution in [2.45, 2.75) is 11.6 Å². The van der Waals surface area contributed by atoms with Crippen LogP contribution in [0.3, 0.4) is 0 Å². The normalized spacial score (nSPS) is 25.7. The third-order valence-corrected chi connectivity index (χ3v) is 2.61. The molecule has 0 fully saturated rings. The number of nitrogens with zero attached hydrogens (tertiary/aromatic N) is 2. The van der Waals surface area contributed by atoms with Crippen molar-refractivity contribution in [1.29, 1.82) is 5.41 Å². The SMILES string of the molecule is N=C1C=NN(c2ccccc2)C(O)C1Cl. The molecule has 1 aliphatic heterocycles. The molecule has 2 atom stereocenters. The predicted octanol–water partition coefficient (Wildman–Crippen LogP) is 1.44. The van der Waals surface area contributed by atoms with E-state index in [1.54, 1.807) is 0 Å². The Bertz CT molecular complexity index is 393. The van der Waals surface area contributed by atoms with Crippen molar-refractivity contribution >= 4 is 29.2 Å². The van der Waals surface area contributed by atoms with Crippen molar-refractivity contribution in [3.8, 4) is 0 Å². The minimum Gasteiger partial charge on any atom is -0.370 e. The highest BCUT2D eigenvalue weighted by atomic mass is 35.5. The molecule has 0 saturated heterocycles. The zero-order chi connectivity index (χ0) is 10.8. The van der Waals surface area contributed by atoms with E-state index in [0.29, 0.717) is 0 Å². The van der Waals surface area contributed by atoms with Gasteiger partial charge in [-0.25, -0.2) is 5.01 Å². The largest absolute Gasteiger partial charge is 0.370 e. The van der Waals surface area contributed by atoms with Crippen LogP contribution in [0.4, 0.5) is 5.69 Å². The monoisotopic (exact) mass is 223 g/mol. The van der Waals surface area contributed by atoms with Crippen molar-refractivity contribution in [2.75, 3.05) is 5.01 Å². The fourth-order valence-corrected chi connectivity index (χ4v) is 1.51. The van der Waals surface area contributed by atoms with E-state index in [0.717, 1.165) is 5.69 Å². The number of nitrogens with one attached hydrogen (secondary N) is 1. The maximum atomic E-state index is 9.80. The van der Waals surface area contributed by atoms with E-state index in [9.17, 15) is 5.11 Å². The summed E-state index contributed by atoms with van der Waals surface area (Å²) in [4.78, 5) is 0. The number of alkyl halides is 1. The van der Waals surface area contributed by atoms with Crippen molar-refractivity contribution in [1.82, 2.24) is 0 Å². The lowest BCUT2D eigenvalue weighted by molar-refractivity contribution is 0.179. The van der Waals surface area contributed by atoms with Gasteiger partial charge in [0.25, 0.3) is 0 Å². The standard InChI is InChI=1S/C10H10ClN3O/c11-9-8(12)6-13-14(10(9)15)7-4-2-1-3-5-7/h1-6,9-10,12,15H. The second kappa shape index (κ2) is 4.00. The van der Waals surface area contributed by atoms with Gasteiger partial charge in [0.2, 0.25) is 0 Å². The molecule has 1 aromatic carbocycles. The van der Waals surface area contributed by atoms with Crippen molar-refractivity contribution in [2.24, 2.45) is 5.10 Å². The fourth-order valence-electron chi connectivity index (χ4n) is 1.35. The van der Waals surface area contributed by atoms with Crippen LogP contribution >= 0.6 is 11.6 Å². The van der Waals surface area contributed by atoms with Crippen molar-refractivity contribution in [3.05, 3.63) is 30.3 Å². The minimum absolute atomic E-state index is 0.122. The molecule has 78 valence electrons. The minimum atomic E-state index is -0.994. The Balaban J connectivity index is 2.32. The molecule has 1 aromatic rings. The summed E-state index contributed by atoms with van der Waals surface area (Å²) < 4.78 is 0. The zero-order valence-electron chi connectivity index (χ0n) is 7.84. The van der Waals surface area contributed by atoms with Gasteiger partial charge in [-0.15, -0.1) is 11.6 Å². The van der Waals surface area contributed by atoms with Gasteiger partial charge in [-0.1, -0.05) is 18.2 Å². The molecule has 1 heterocycles. The van der Waals surface area contributed by atoms with E-state index in [1.807, 2.05) is 30.3 Å². The van der Waals surface area contributed by atoms with Crippen LogP contribution in [-0.4, -0.2) is 28.6 Å². The molecule has 0 amide bonds. The molecule has 4 nitrogen and oxygen atoms in total. The van der Waals surface area contributed by atoms with Crippen LogP contribution in [0.1, 0.15) is 0 Å². The summed E-state index contributed by atoms with van der Waals surface area (Å²) in [6.45, 7) is 0. The summed E-state index contributed by atoms with van der Waals surface area (Å²) in [7, 11) is 0. The Morgan fingerprint density at radius 2 is 2.00 bits per heavy atom. The highest BCUT2D eigenvalue weighted by molar-refractivity contribution is 6.46. The predicted molar refractivity (Wildman–Crippen MR) is 60.8 cm³/mol. The number of benzene rings is 1. The van der Waals surface area contributed by atoms with Gasteiger partial charge in [0.15, 0.2) is 6.23 Å². The van der Waals surface area contributed by atoms with Crippen molar-refractivity contribution in [3.63, 3.8) is 0 Å². The van der Waals surface area contributed by atoms with Crippen LogP contribution in [0.2, 0.25) is 0 Å². The summed E-state index contributed by atoms with van der Waals surface area (Å²) in [5.74, 6) is 0. The average Bonchev–Trinajstić information content (AvgIpc) is 2.27. The van der Waals surface area contributed by atoms with Crippen LogP contribution in [0.25, 0.3) is 0 Å². The molecule has 2 rings (SSSR count). The molecule has 0 aromatic heterocycles. The number of anilines is 1. The van der Waals surface area contributed by atoms with Gasteiger partial charge >= 0.3 is 0 Å². The first-order chi connectivity index (χ1) is 7.20. The van der Waals surface area contributed by atoms with E-state index < -0.39 is 11.6 Å². The van der Waals surface area contributed by atoms with Gasteiger partial charge in [-0.3, -0.25) is 0 Å². The van der Waals surface area contributed by atoms with Crippen LogP contribution in [-0.2, 0) is 0 Å². The van der Waals surface area contributed by atoms with E-state index in [1.165, 1.54) is 11.2 Å². The lowest BCUT2D eigenvalue weighted by Gasteiger charge is -2.31. The average molecular weight is 224 g/mol. The topological polar surface area (TPSA) is 59.7 Å². The summed E-state index contributed by atoms with van der Waals surface area (Å²) in [5.41, 5.74) is 0.871. The molecule has 2 unspecified atom stereocenters. The van der Waals surface area contributed by atoms with E-state index in [2.05, 4.69) is 5.10 Å². The van der Waals surface area contributed by atoms with Gasteiger partial charge < -0.3 is 10.5 Å². The first-order valence-corrected chi connectivity index (χ1v) is 4.92. The molecule has 0 spiro atoms. The molecule has 0 bridgehead atoms. The summed E-state index contributed by atoms with van der Waals surface area (Å²) in [5, 5.41) is 21.8. The van der Waals surface area contributed by atoms with Gasteiger partial charge in [0.1, 0.15) is 5.38 Å². The van der Waals surface area contributed by atoms with Gasteiger partial charge in [0, 0.05) is 0 Å². The van der Waals surface area contributed by atoms with Crippen LogP contribution in [0, 0.1) is 5.41 Å². The number of aliphatic hydroxyl groups excluding tert-OH is 1. The third kappa shape index (κ3) is 1.86. The number of halogens is 1. The Morgan fingerprint density at radius 1 is 1.33 bits per heavy atom. The Morgan fingerprint density at radius 3 is 2.67 bits per heavy atom. The van der Waals surface area contributed by atoms with Crippen molar-refractivity contribution < 1.29 is 5.11 Å². The summed E-state index contributed by atoms with van der Waals surface area (Å²) in [6.07, 6.45) is 0.351. The van der Waals surface area contributed by atoms with E-state index >= 15 is 0 Å². The molecule has 0 saturated carbocycles. The molecule has 15 heavy (non-hydrogen) atoms. The molecule has 0 radical (unpaired) electrons. The van der Waals surface area contributed by atoms with Gasteiger partial charge in [-0.2, -0.15) is 5.10 Å². The first kappa shape index (κ1) is 10.1. The second-order valence-electron chi connectivity index (χ2n) is 3.20. The third-order valence-electron chi connectivity index (χ3n) is 2.15. The smallest absolute Gasteiger partial charge is 0.169 e. The molecule has 5 heteroatoms. The van der Waals surface area contributed by atoms with Crippen LogP contribution < -0.4 is 5.01 Å². The molecule has 2 N–H and O–H groups in total. The summed E-state index contributed by atoms with van der Waals surface area (Å²) >= 11 is 5.85. The number of hydrazone groups is 1. The molecular formula is C10H10ClN3O. The number of para-hydroxylation sites is 1. The highest BCUT2D eigenvalue weighted by Crippen LogP contribution is 2.22. The van der Waals surface area contributed by atoms with Crippen LogP contribution in [0.5, 0.6) is 0 Å². The summed E-state index contributed by atoms with van der Waals surface area (Å²) in [6, 6.07) is 9.21. The Hall–Kier alpha value is -1.39. The first-order valence-electron chi connectivity index (χ1n) is 4.49. The van der Waals surface area contributed by atoms with Gasteiger partial charge in [0.05, 0.1) is 17.6 Å². The Kier molecular flexibility index (Phi) is 2.70. The lowest BCUT2D eigenvalue weighted by Crippen LogP contribution is -2.46. The van der Waals surface area contributed by atoms with Gasteiger partial charge in [-0.05, 0) is 12.1 Å². The zero-order valence-corrected chi connectivity index (χ0v) is 8.59. The van der Waals surface area contributed by atoms with E-state index in [-0.39, 0.29) is 5.71 Å². The fraction of sp³-hybridized carbons (Fsp3) is 0.200. The molecule has 1 aliphatic rings. The maximum Gasteiger partial charge on any atom is 0.169 e. The highest BCUT2D eigenvalue weighted by Gasteiger charge is 2.30. The molecular weight excluding hydrogens is 214 g/mol. The number of hydrogen-bond acceptors (Lipinski definition) is 4. The van der Waals surface area contributed by atoms with Crippen LogP contribution in [0.15, 0.2) is 35.4 Å². The number of hydrogen-bond donors (Lipinski definition) is 2. The quantitative estimate of drug-likeness (QED) is 0.708.